The van der Waals surface area contributed by atoms with Crippen LogP contribution >= 0.6 is 11.8 Å². The molecular formula is C21H35N5S. The second kappa shape index (κ2) is 9.97. The molecule has 0 saturated carbocycles. The Hall–Kier alpha value is -1.01. The van der Waals surface area contributed by atoms with Gasteiger partial charge < -0.3 is 10.2 Å². The molecule has 6 heteroatoms. The number of thioether (sulfide) groups is 1. The van der Waals surface area contributed by atoms with E-state index in [9.17, 15) is 0 Å². The van der Waals surface area contributed by atoms with Gasteiger partial charge in [0.05, 0.1) is 0 Å². The molecule has 1 aromatic heterocycles. The second-order valence-electron chi connectivity index (χ2n) is 8.32. The predicted octanol–water partition coefficient (Wildman–Crippen LogP) is 4.02. The molecule has 1 atom stereocenters. The molecule has 0 radical (unpaired) electrons. The minimum absolute atomic E-state index is 0.474. The van der Waals surface area contributed by atoms with Gasteiger partial charge in [0.1, 0.15) is 5.82 Å². The first kappa shape index (κ1) is 19.3. The lowest BCUT2D eigenvalue weighted by Gasteiger charge is -2.35. The Balaban J connectivity index is 1.39. The van der Waals surface area contributed by atoms with Crippen LogP contribution < -0.4 is 10.2 Å². The van der Waals surface area contributed by atoms with Crippen LogP contribution in [0, 0.1) is 0 Å². The molecule has 0 aliphatic carbocycles. The van der Waals surface area contributed by atoms with Crippen LogP contribution in [-0.2, 0) is 0 Å². The third kappa shape index (κ3) is 5.50. The molecular weight excluding hydrogens is 354 g/mol. The Kier molecular flexibility index (Phi) is 7.13. The van der Waals surface area contributed by atoms with Crippen molar-refractivity contribution in [2.75, 3.05) is 47.9 Å². The molecule has 0 amide bonds. The maximum absolute atomic E-state index is 4.88. The maximum Gasteiger partial charge on any atom is 0.224 e. The van der Waals surface area contributed by atoms with Gasteiger partial charge in [-0.05, 0) is 62.6 Å². The average Bonchev–Trinajstić information content (AvgIpc) is 3.12. The third-order valence-corrected chi connectivity index (χ3v) is 7.36. The van der Waals surface area contributed by atoms with E-state index in [2.05, 4.69) is 37.9 Å². The Morgan fingerprint density at radius 1 is 0.926 bits per heavy atom. The zero-order chi connectivity index (χ0) is 18.3. The van der Waals surface area contributed by atoms with Crippen LogP contribution in [0.1, 0.15) is 57.8 Å². The second-order valence-corrected chi connectivity index (χ2v) is 9.54. The number of hydrogen-bond acceptors (Lipinski definition) is 6. The van der Waals surface area contributed by atoms with E-state index in [-0.39, 0.29) is 0 Å². The summed E-state index contributed by atoms with van der Waals surface area (Å²) >= 11 is 2.12. The van der Waals surface area contributed by atoms with Crippen LogP contribution in [0.15, 0.2) is 12.3 Å². The van der Waals surface area contributed by atoms with Gasteiger partial charge in [0, 0.05) is 37.9 Å². The minimum Gasteiger partial charge on any atom is -0.356 e. The van der Waals surface area contributed by atoms with Gasteiger partial charge in [0.15, 0.2) is 0 Å². The van der Waals surface area contributed by atoms with Gasteiger partial charge in [-0.15, -0.1) is 0 Å². The quantitative estimate of drug-likeness (QED) is 0.839. The van der Waals surface area contributed by atoms with Crippen molar-refractivity contribution in [3.8, 4) is 0 Å². The Morgan fingerprint density at radius 3 is 2.52 bits per heavy atom. The molecule has 27 heavy (non-hydrogen) atoms. The normalized spacial score (nSPS) is 26.4. The van der Waals surface area contributed by atoms with Crippen LogP contribution in [0.5, 0.6) is 0 Å². The van der Waals surface area contributed by atoms with Gasteiger partial charge in [-0.2, -0.15) is 16.7 Å². The number of likely N-dealkylation sites (tertiary alicyclic amines) is 1. The highest BCUT2D eigenvalue weighted by molar-refractivity contribution is 7.99. The molecule has 0 aromatic carbocycles. The van der Waals surface area contributed by atoms with E-state index < -0.39 is 0 Å². The van der Waals surface area contributed by atoms with Gasteiger partial charge in [0.2, 0.25) is 5.95 Å². The zero-order valence-electron chi connectivity index (χ0n) is 16.6. The van der Waals surface area contributed by atoms with Gasteiger partial charge in [-0.25, -0.2) is 4.98 Å². The first-order chi connectivity index (χ1) is 13.4. The van der Waals surface area contributed by atoms with Gasteiger partial charge in [0.25, 0.3) is 0 Å². The van der Waals surface area contributed by atoms with E-state index in [1.807, 2.05) is 6.20 Å². The molecule has 1 unspecified atom stereocenters. The molecule has 3 saturated heterocycles. The lowest BCUT2D eigenvalue weighted by molar-refractivity contribution is 0.188. The average molecular weight is 390 g/mol. The first-order valence-corrected chi connectivity index (χ1v) is 12.2. The monoisotopic (exact) mass is 389 g/mol. The van der Waals surface area contributed by atoms with Gasteiger partial charge in [-0.1, -0.05) is 19.3 Å². The smallest absolute Gasteiger partial charge is 0.224 e. The zero-order valence-corrected chi connectivity index (χ0v) is 17.4. The molecule has 0 bridgehead atoms. The summed E-state index contributed by atoms with van der Waals surface area (Å²) in [5.74, 6) is 4.59. The van der Waals surface area contributed by atoms with Crippen LogP contribution in [0.4, 0.5) is 11.8 Å². The van der Waals surface area contributed by atoms with Gasteiger partial charge >= 0.3 is 0 Å². The first-order valence-electron chi connectivity index (χ1n) is 11.0. The largest absolute Gasteiger partial charge is 0.356 e. The Morgan fingerprint density at radius 2 is 1.70 bits per heavy atom. The minimum atomic E-state index is 0.474. The van der Waals surface area contributed by atoms with E-state index in [1.165, 1.54) is 75.8 Å². The van der Waals surface area contributed by atoms with E-state index in [4.69, 9.17) is 4.98 Å². The summed E-state index contributed by atoms with van der Waals surface area (Å²) < 4.78 is 0. The van der Waals surface area contributed by atoms with Crippen molar-refractivity contribution in [2.45, 2.75) is 69.9 Å². The summed E-state index contributed by atoms with van der Waals surface area (Å²) in [7, 11) is 0. The molecule has 4 heterocycles. The summed E-state index contributed by atoms with van der Waals surface area (Å²) in [6.07, 6.45) is 13.8. The third-order valence-electron chi connectivity index (χ3n) is 6.31. The molecule has 150 valence electrons. The highest BCUT2D eigenvalue weighted by Gasteiger charge is 2.26. The van der Waals surface area contributed by atoms with Crippen molar-refractivity contribution in [2.24, 2.45) is 0 Å². The van der Waals surface area contributed by atoms with E-state index in [0.29, 0.717) is 6.04 Å². The molecule has 1 N–H and O–H groups in total. The molecule has 0 spiro atoms. The lowest BCUT2D eigenvalue weighted by Crippen LogP contribution is -2.43. The fourth-order valence-corrected chi connectivity index (χ4v) is 5.83. The van der Waals surface area contributed by atoms with Crippen molar-refractivity contribution < 1.29 is 0 Å². The van der Waals surface area contributed by atoms with Crippen molar-refractivity contribution >= 4 is 23.5 Å². The van der Waals surface area contributed by atoms with Crippen LogP contribution in [0.2, 0.25) is 0 Å². The molecule has 4 rings (SSSR count). The molecule has 3 fully saturated rings. The van der Waals surface area contributed by atoms with Crippen molar-refractivity contribution in [3.63, 3.8) is 0 Å². The summed E-state index contributed by atoms with van der Waals surface area (Å²) in [5.41, 5.74) is 0. The molecule has 1 aromatic rings. The fraction of sp³-hybridized carbons (Fsp3) is 0.810. The number of hydrogen-bond donors (Lipinski definition) is 1. The summed E-state index contributed by atoms with van der Waals surface area (Å²) in [4.78, 5) is 14.6. The van der Waals surface area contributed by atoms with Crippen LogP contribution in [-0.4, -0.2) is 64.6 Å². The van der Waals surface area contributed by atoms with Crippen molar-refractivity contribution in [3.05, 3.63) is 12.3 Å². The Bertz CT molecular complexity index is 569. The SMILES string of the molecule is c1cc(N2CCCCCC2)nc(NC2CCCCN(C3CCSCC3)C2)n1. The van der Waals surface area contributed by atoms with E-state index >= 15 is 0 Å². The fourth-order valence-electron chi connectivity index (χ4n) is 4.75. The maximum atomic E-state index is 4.88. The highest BCUT2D eigenvalue weighted by Crippen LogP contribution is 2.25. The van der Waals surface area contributed by atoms with Crippen LogP contribution in [0.3, 0.4) is 0 Å². The van der Waals surface area contributed by atoms with Gasteiger partial charge in [-0.3, -0.25) is 4.90 Å². The molecule has 3 aliphatic heterocycles. The van der Waals surface area contributed by atoms with Crippen molar-refractivity contribution in [1.29, 1.82) is 0 Å². The summed E-state index contributed by atoms with van der Waals surface area (Å²) in [5, 5.41) is 3.69. The predicted molar refractivity (Wildman–Crippen MR) is 116 cm³/mol. The number of anilines is 2. The summed E-state index contributed by atoms with van der Waals surface area (Å²) in [6, 6.07) is 3.34. The number of nitrogens with zero attached hydrogens (tertiary/aromatic N) is 4. The standard InChI is InChI=1S/C21H35N5S/c1-2-5-13-25(12-4-1)20-8-11-22-21(24-20)23-18-7-3-6-14-26(17-18)19-9-15-27-16-10-19/h8,11,18-19H,1-7,9-10,12-17H2,(H,22,23,24). The van der Waals surface area contributed by atoms with Crippen molar-refractivity contribution in [1.82, 2.24) is 14.9 Å². The topological polar surface area (TPSA) is 44.3 Å². The van der Waals surface area contributed by atoms with E-state index in [1.54, 1.807) is 0 Å². The number of nitrogens with one attached hydrogen (secondary N) is 1. The van der Waals surface area contributed by atoms with Crippen LogP contribution in [0.25, 0.3) is 0 Å². The molecule has 3 aliphatic rings. The van der Waals surface area contributed by atoms with E-state index in [0.717, 1.165) is 37.4 Å². The number of aromatic nitrogens is 2. The Labute approximate surface area is 168 Å². The lowest BCUT2D eigenvalue weighted by atomic mass is 10.1. The highest BCUT2D eigenvalue weighted by atomic mass is 32.2. The number of rotatable bonds is 4. The molecule has 5 nitrogen and oxygen atoms in total. The summed E-state index contributed by atoms with van der Waals surface area (Å²) in [6.45, 7) is 4.68.